The second-order valence-electron chi connectivity index (χ2n) is 10.5. The van der Waals surface area contributed by atoms with Crippen molar-refractivity contribution >= 4 is 23.6 Å². The highest BCUT2D eigenvalue weighted by atomic mass is 16.5. The lowest BCUT2D eigenvalue weighted by atomic mass is 9.94. The molecule has 0 saturated heterocycles. The SMILES string of the molecule is CC1=C[C@@H](O)CC(=O)Cc2ncc([nH]2)C(=O)N[C@H](Cc2cnc[nH]2)C(=O)O[C@H](C(C)C)[C@H](C)/C=C/C(=O)NCC=C1. The Labute approximate surface area is 238 Å². The van der Waals surface area contributed by atoms with Crippen LogP contribution in [0.4, 0.5) is 0 Å². The third-order valence-electron chi connectivity index (χ3n) is 6.45. The maximum atomic E-state index is 13.4. The number of hydrogen-bond acceptors (Lipinski definition) is 8. The monoisotopic (exact) mass is 566 g/mol. The lowest BCUT2D eigenvalue weighted by Gasteiger charge is -2.28. The highest BCUT2D eigenvalue weighted by molar-refractivity contribution is 5.95. The average molecular weight is 567 g/mol. The molecule has 5 N–H and O–H groups in total. The number of rotatable bonds is 3. The van der Waals surface area contributed by atoms with Gasteiger partial charge in [0.15, 0.2) is 0 Å². The van der Waals surface area contributed by atoms with Gasteiger partial charge in [0.2, 0.25) is 5.91 Å². The number of aromatic amines is 2. The minimum absolute atomic E-state index is 0.0674. The van der Waals surface area contributed by atoms with E-state index in [-0.39, 0.29) is 60.9 Å². The van der Waals surface area contributed by atoms with Gasteiger partial charge in [0.1, 0.15) is 29.4 Å². The molecule has 0 aliphatic carbocycles. The molecular weight excluding hydrogens is 528 g/mol. The summed E-state index contributed by atoms with van der Waals surface area (Å²) in [5.74, 6) is -1.97. The number of cyclic esters (lactones) is 1. The first-order valence-electron chi connectivity index (χ1n) is 13.5. The summed E-state index contributed by atoms with van der Waals surface area (Å²) < 4.78 is 5.89. The Morgan fingerprint density at radius 2 is 1.93 bits per heavy atom. The number of imidazole rings is 2. The van der Waals surface area contributed by atoms with Crippen LogP contribution in [-0.2, 0) is 32.0 Å². The fourth-order valence-electron chi connectivity index (χ4n) is 4.40. The maximum absolute atomic E-state index is 13.4. The molecule has 3 rings (SSSR count). The normalized spacial score (nSPS) is 24.8. The zero-order chi connectivity index (χ0) is 29.9. The quantitative estimate of drug-likeness (QED) is 0.349. The van der Waals surface area contributed by atoms with Crippen LogP contribution in [0.25, 0.3) is 0 Å². The Kier molecular flexibility index (Phi) is 11.3. The fourth-order valence-corrected chi connectivity index (χ4v) is 4.40. The third-order valence-corrected chi connectivity index (χ3v) is 6.45. The number of ether oxygens (including phenoxy) is 1. The molecule has 1 aliphatic rings. The highest BCUT2D eigenvalue weighted by Gasteiger charge is 2.30. The number of hydrogen-bond donors (Lipinski definition) is 5. The van der Waals surface area contributed by atoms with E-state index in [0.717, 1.165) is 5.57 Å². The van der Waals surface area contributed by atoms with E-state index < -0.39 is 30.1 Å². The van der Waals surface area contributed by atoms with Crippen molar-refractivity contribution in [1.29, 1.82) is 0 Å². The van der Waals surface area contributed by atoms with Gasteiger partial charge in [-0.3, -0.25) is 14.4 Å². The molecule has 2 amide bonds. The van der Waals surface area contributed by atoms with Gasteiger partial charge in [-0.2, -0.15) is 0 Å². The molecular formula is C29H38N6O6. The molecule has 3 heterocycles. The van der Waals surface area contributed by atoms with Gasteiger partial charge in [-0.1, -0.05) is 50.6 Å². The molecule has 0 saturated carbocycles. The molecule has 2 bridgehead atoms. The lowest BCUT2D eigenvalue weighted by molar-refractivity contribution is -0.155. The molecule has 2 aromatic heterocycles. The van der Waals surface area contributed by atoms with E-state index in [0.29, 0.717) is 5.69 Å². The van der Waals surface area contributed by atoms with Crippen molar-refractivity contribution in [3.63, 3.8) is 0 Å². The Hall–Kier alpha value is -4.32. The van der Waals surface area contributed by atoms with Crippen LogP contribution in [-0.4, -0.2) is 73.4 Å². The van der Waals surface area contributed by atoms with Crippen LogP contribution in [0.3, 0.4) is 0 Å². The molecule has 220 valence electrons. The van der Waals surface area contributed by atoms with Crippen LogP contribution < -0.4 is 10.6 Å². The smallest absolute Gasteiger partial charge is 0.329 e. The molecule has 0 aromatic carbocycles. The number of aliphatic hydroxyl groups is 1. The number of carbonyl (C=O) groups excluding carboxylic acids is 4. The summed E-state index contributed by atoms with van der Waals surface area (Å²) in [6, 6.07) is -1.06. The summed E-state index contributed by atoms with van der Waals surface area (Å²) in [4.78, 5) is 65.1. The van der Waals surface area contributed by atoms with Crippen LogP contribution in [0.15, 0.2) is 54.7 Å². The summed E-state index contributed by atoms with van der Waals surface area (Å²) in [5.41, 5.74) is 1.41. The molecule has 41 heavy (non-hydrogen) atoms. The van der Waals surface area contributed by atoms with Gasteiger partial charge in [-0.05, 0) is 18.9 Å². The van der Waals surface area contributed by atoms with Crippen LogP contribution in [0.5, 0.6) is 0 Å². The van der Waals surface area contributed by atoms with E-state index in [1.807, 2.05) is 20.8 Å². The van der Waals surface area contributed by atoms with Gasteiger partial charge in [0.05, 0.1) is 25.0 Å². The predicted molar refractivity (Wildman–Crippen MR) is 150 cm³/mol. The molecule has 2 aromatic rings. The first kappa shape index (κ1) is 31.2. The van der Waals surface area contributed by atoms with Gasteiger partial charge in [-0.25, -0.2) is 14.8 Å². The van der Waals surface area contributed by atoms with Crippen molar-refractivity contribution in [2.24, 2.45) is 11.8 Å². The number of ketones is 1. The highest BCUT2D eigenvalue weighted by Crippen LogP contribution is 2.20. The van der Waals surface area contributed by atoms with Crippen molar-refractivity contribution in [3.8, 4) is 0 Å². The lowest BCUT2D eigenvalue weighted by Crippen LogP contribution is -2.46. The molecule has 0 fully saturated rings. The number of aliphatic hydroxyl groups excluding tert-OH is 1. The first-order valence-corrected chi connectivity index (χ1v) is 13.5. The van der Waals surface area contributed by atoms with E-state index in [2.05, 4.69) is 30.6 Å². The zero-order valence-corrected chi connectivity index (χ0v) is 23.7. The fraction of sp³-hybridized carbons (Fsp3) is 0.448. The number of nitrogens with one attached hydrogen (secondary N) is 4. The van der Waals surface area contributed by atoms with E-state index in [4.69, 9.17) is 4.74 Å². The molecule has 12 nitrogen and oxygen atoms in total. The average Bonchev–Trinajstić information content (AvgIpc) is 3.59. The number of fused-ring (bicyclic) bond motifs is 2. The molecule has 0 radical (unpaired) electrons. The Bertz CT molecular complexity index is 1290. The number of aromatic nitrogens is 4. The van der Waals surface area contributed by atoms with Crippen molar-refractivity contribution in [3.05, 3.63) is 71.9 Å². The second-order valence-corrected chi connectivity index (χ2v) is 10.5. The van der Waals surface area contributed by atoms with Gasteiger partial charge < -0.3 is 30.4 Å². The summed E-state index contributed by atoms with van der Waals surface area (Å²) >= 11 is 0. The number of amides is 2. The number of allylic oxidation sites excluding steroid dienone is 2. The molecule has 0 spiro atoms. The van der Waals surface area contributed by atoms with Crippen molar-refractivity contribution in [2.45, 2.75) is 65.2 Å². The number of carbonyl (C=O) groups is 4. The van der Waals surface area contributed by atoms with Gasteiger partial charge >= 0.3 is 5.97 Å². The van der Waals surface area contributed by atoms with E-state index in [1.54, 1.807) is 37.4 Å². The Balaban J connectivity index is 1.88. The predicted octanol–water partition coefficient (Wildman–Crippen LogP) is 1.73. The minimum Gasteiger partial charge on any atom is -0.460 e. The number of esters is 1. The maximum Gasteiger partial charge on any atom is 0.329 e. The van der Waals surface area contributed by atoms with E-state index in [9.17, 15) is 24.3 Å². The number of H-pyrrole nitrogens is 2. The summed E-state index contributed by atoms with van der Waals surface area (Å²) in [5, 5.41) is 15.7. The molecule has 0 unspecified atom stereocenters. The minimum atomic E-state index is -1.06. The standard InChI is InChI=1S/C29H38N6O6/c1-17(2)27-19(4)7-8-26(38)31-9-5-6-18(3)10-21(36)12-22(37)13-25-32-15-24(34-25)28(39)35-23(29(40)41-27)11-20-14-30-16-33-20/h5-8,10,14-17,19,21,23,27,36H,9,11-13H2,1-4H3,(H,30,33)(H,31,38)(H,32,34)(H,35,39)/b6-5?,8-7+,18-10?/t19-,21-,23-,27-/m1/s1. The second kappa shape index (κ2) is 14.9. The first-order chi connectivity index (χ1) is 19.5. The topological polar surface area (TPSA) is 179 Å². The summed E-state index contributed by atoms with van der Waals surface area (Å²) in [6.07, 6.45) is 10.7. The van der Waals surface area contributed by atoms with Gasteiger partial charge in [-0.15, -0.1) is 0 Å². The van der Waals surface area contributed by atoms with Crippen LogP contribution in [0.2, 0.25) is 0 Å². The van der Waals surface area contributed by atoms with Crippen LogP contribution in [0.1, 0.15) is 56.1 Å². The van der Waals surface area contributed by atoms with Crippen molar-refractivity contribution in [1.82, 2.24) is 30.6 Å². The summed E-state index contributed by atoms with van der Waals surface area (Å²) in [7, 11) is 0. The van der Waals surface area contributed by atoms with Gasteiger partial charge in [0, 0.05) is 37.2 Å². The molecule has 4 atom stereocenters. The number of nitrogens with zero attached hydrogens (tertiary/aromatic N) is 2. The van der Waals surface area contributed by atoms with Crippen LogP contribution in [0, 0.1) is 11.8 Å². The largest absolute Gasteiger partial charge is 0.460 e. The number of Topliss-reactive ketones (excluding diaryl/α,β-unsaturated/α-hetero) is 1. The van der Waals surface area contributed by atoms with E-state index in [1.165, 1.54) is 18.6 Å². The van der Waals surface area contributed by atoms with E-state index >= 15 is 0 Å². The summed E-state index contributed by atoms with van der Waals surface area (Å²) in [6.45, 7) is 7.69. The van der Waals surface area contributed by atoms with Crippen molar-refractivity contribution in [2.75, 3.05) is 6.54 Å². The molecule has 1 aliphatic heterocycles. The molecule has 12 heteroatoms. The third kappa shape index (κ3) is 9.98. The Morgan fingerprint density at radius 3 is 2.63 bits per heavy atom. The van der Waals surface area contributed by atoms with Crippen molar-refractivity contribution < 1.29 is 29.0 Å². The Morgan fingerprint density at radius 1 is 1.15 bits per heavy atom. The van der Waals surface area contributed by atoms with Gasteiger partial charge in [0.25, 0.3) is 5.91 Å². The van der Waals surface area contributed by atoms with Crippen LogP contribution >= 0.6 is 0 Å². The zero-order valence-electron chi connectivity index (χ0n) is 23.7.